The van der Waals surface area contributed by atoms with Crippen LogP contribution in [0.1, 0.15) is 24.6 Å². The monoisotopic (exact) mass is 212 g/mol. The van der Waals surface area contributed by atoms with Crippen molar-refractivity contribution in [2.45, 2.75) is 23.8 Å². The SMILES string of the molecule is O=c1cc(SCCO)nc(C2CC2)[nH]1. The lowest BCUT2D eigenvalue weighted by molar-refractivity contribution is 0.322. The fourth-order valence-electron chi connectivity index (χ4n) is 1.23. The molecule has 1 heterocycles. The lowest BCUT2D eigenvalue weighted by atomic mass is 10.4. The second-order valence-corrected chi connectivity index (χ2v) is 4.43. The minimum Gasteiger partial charge on any atom is -0.396 e. The van der Waals surface area contributed by atoms with Gasteiger partial charge in [-0.2, -0.15) is 0 Å². The number of aromatic amines is 1. The minimum atomic E-state index is -0.0951. The molecule has 0 spiro atoms. The first kappa shape index (κ1) is 9.73. The molecule has 0 amide bonds. The fraction of sp³-hybridized carbons (Fsp3) is 0.556. The van der Waals surface area contributed by atoms with Crippen molar-refractivity contribution in [3.8, 4) is 0 Å². The average molecular weight is 212 g/mol. The number of aliphatic hydroxyl groups excluding tert-OH is 1. The Hall–Kier alpha value is -0.810. The zero-order valence-corrected chi connectivity index (χ0v) is 8.51. The molecule has 1 aromatic rings. The summed E-state index contributed by atoms with van der Waals surface area (Å²) in [6.07, 6.45) is 2.24. The summed E-state index contributed by atoms with van der Waals surface area (Å²) in [4.78, 5) is 18.3. The van der Waals surface area contributed by atoms with Crippen molar-refractivity contribution >= 4 is 11.8 Å². The van der Waals surface area contributed by atoms with Gasteiger partial charge in [0.15, 0.2) is 0 Å². The Bertz CT molecular complexity index is 373. The molecule has 1 saturated carbocycles. The molecule has 0 aromatic carbocycles. The van der Waals surface area contributed by atoms with Gasteiger partial charge in [0.05, 0.1) is 6.61 Å². The normalized spacial score (nSPS) is 15.8. The molecule has 0 saturated heterocycles. The van der Waals surface area contributed by atoms with Gasteiger partial charge >= 0.3 is 0 Å². The van der Waals surface area contributed by atoms with E-state index in [9.17, 15) is 4.79 Å². The number of aliphatic hydroxyl groups is 1. The van der Waals surface area contributed by atoms with Crippen molar-refractivity contribution in [2.24, 2.45) is 0 Å². The summed E-state index contributed by atoms with van der Waals surface area (Å²) >= 11 is 1.41. The molecule has 0 atom stereocenters. The maximum Gasteiger partial charge on any atom is 0.251 e. The molecule has 0 radical (unpaired) electrons. The molecule has 4 nitrogen and oxygen atoms in total. The van der Waals surface area contributed by atoms with Gasteiger partial charge in [-0.15, -0.1) is 11.8 Å². The van der Waals surface area contributed by atoms with Gasteiger partial charge < -0.3 is 10.1 Å². The molecule has 1 aromatic heterocycles. The molecule has 5 heteroatoms. The summed E-state index contributed by atoms with van der Waals surface area (Å²) in [5.41, 5.74) is -0.0951. The Kier molecular flexibility index (Phi) is 2.88. The number of H-pyrrole nitrogens is 1. The molecular weight excluding hydrogens is 200 g/mol. The summed E-state index contributed by atoms with van der Waals surface area (Å²) in [6.45, 7) is 0.109. The van der Waals surface area contributed by atoms with Gasteiger partial charge in [-0.1, -0.05) is 0 Å². The Morgan fingerprint density at radius 3 is 3.07 bits per heavy atom. The number of nitrogens with zero attached hydrogens (tertiary/aromatic N) is 1. The summed E-state index contributed by atoms with van der Waals surface area (Å²) in [5, 5.41) is 9.37. The van der Waals surface area contributed by atoms with Crippen LogP contribution in [0.4, 0.5) is 0 Å². The van der Waals surface area contributed by atoms with Crippen LogP contribution < -0.4 is 5.56 Å². The molecule has 14 heavy (non-hydrogen) atoms. The molecule has 0 unspecified atom stereocenters. The number of thioether (sulfide) groups is 1. The maximum atomic E-state index is 11.2. The van der Waals surface area contributed by atoms with E-state index in [-0.39, 0.29) is 12.2 Å². The van der Waals surface area contributed by atoms with E-state index in [2.05, 4.69) is 9.97 Å². The number of hydrogen-bond donors (Lipinski definition) is 2. The summed E-state index contributed by atoms with van der Waals surface area (Å²) in [5.74, 6) is 1.84. The van der Waals surface area contributed by atoms with Crippen LogP contribution in [-0.2, 0) is 0 Å². The van der Waals surface area contributed by atoms with Crippen LogP contribution in [0.5, 0.6) is 0 Å². The number of rotatable bonds is 4. The van der Waals surface area contributed by atoms with Gasteiger partial charge in [-0.3, -0.25) is 4.79 Å². The zero-order chi connectivity index (χ0) is 9.97. The third-order valence-corrected chi connectivity index (χ3v) is 2.93. The van der Waals surface area contributed by atoms with Gasteiger partial charge in [0.25, 0.3) is 5.56 Å². The van der Waals surface area contributed by atoms with Crippen LogP contribution in [0.2, 0.25) is 0 Å². The van der Waals surface area contributed by atoms with Gasteiger partial charge in [-0.05, 0) is 12.8 Å². The van der Waals surface area contributed by atoms with E-state index in [4.69, 9.17) is 5.11 Å². The van der Waals surface area contributed by atoms with E-state index in [0.29, 0.717) is 16.7 Å². The third-order valence-electron chi connectivity index (χ3n) is 2.04. The first-order chi connectivity index (χ1) is 6.79. The predicted octanol–water partition coefficient (Wildman–Crippen LogP) is 0.732. The highest BCUT2D eigenvalue weighted by Crippen LogP contribution is 2.37. The van der Waals surface area contributed by atoms with E-state index < -0.39 is 0 Å². The Morgan fingerprint density at radius 1 is 1.64 bits per heavy atom. The Balaban J connectivity index is 2.18. The fourth-order valence-corrected chi connectivity index (χ4v) is 1.88. The Morgan fingerprint density at radius 2 is 2.43 bits per heavy atom. The quantitative estimate of drug-likeness (QED) is 0.570. The van der Waals surface area contributed by atoms with Crippen LogP contribution in [0.25, 0.3) is 0 Å². The van der Waals surface area contributed by atoms with Crippen molar-refractivity contribution in [3.05, 3.63) is 22.2 Å². The molecule has 0 aliphatic heterocycles. The van der Waals surface area contributed by atoms with Crippen molar-refractivity contribution in [1.82, 2.24) is 9.97 Å². The van der Waals surface area contributed by atoms with Crippen LogP contribution in [0.15, 0.2) is 15.9 Å². The molecule has 2 rings (SSSR count). The standard InChI is InChI=1S/C9H12N2O2S/c12-3-4-14-8-5-7(13)10-9(11-8)6-1-2-6/h5-6,12H,1-4H2,(H,10,11,13). The highest BCUT2D eigenvalue weighted by molar-refractivity contribution is 7.99. The first-order valence-corrected chi connectivity index (χ1v) is 5.63. The minimum absolute atomic E-state index is 0.0951. The van der Waals surface area contributed by atoms with Crippen molar-refractivity contribution < 1.29 is 5.11 Å². The Labute approximate surface area is 85.8 Å². The van der Waals surface area contributed by atoms with Gasteiger partial charge in [0.2, 0.25) is 0 Å². The molecule has 1 aliphatic rings. The highest BCUT2D eigenvalue weighted by atomic mass is 32.2. The number of nitrogens with one attached hydrogen (secondary N) is 1. The van der Waals surface area contributed by atoms with Crippen LogP contribution >= 0.6 is 11.8 Å². The predicted molar refractivity (Wildman–Crippen MR) is 54.6 cm³/mol. The maximum absolute atomic E-state index is 11.2. The van der Waals surface area contributed by atoms with Crippen LogP contribution in [0.3, 0.4) is 0 Å². The van der Waals surface area contributed by atoms with Gasteiger partial charge in [0.1, 0.15) is 10.9 Å². The van der Waals surface area contributed by atoms with E-state index in [1.54, 1.807) is 0 Å². The van der Waals surface area contributed by atoms with Crippen molar-refractivity contribution in [1.29, 1.82) is 0 Å². The van der Waals surface area contributed by atoms with Crippen LogP contribution in [0, 0.1) is 0 Å². The molecule has 2 N–H and O–H groups in total. The van der Waals surface area contributed by atoms with Gasteiger partial charge in [-0.25, -0.2) is 4.98 Å². The molecule has 0 bridgehead atoms. The smallest absolute Gasteiger partial charge is 0.251 e. The lowest BCUT2D eigenvalue weighted by Gasteiger charge is -2.01. The number of aromatic nitrogens is 2. The summed E-state index contributed by atoms with van der Waals surface area (Å²) < 4.78 is 0. The average Bonchev–Trinajstić information content (AvgIpc) is 2.97. The first-order valence-electron chi connectivity index (χ1n) is 4.64. The molecule has 1 aliphatic carbocycles. The summed E-state index contributed by atoms with van der Waals surface area (Å²) in [7, 11) is 0. The summed E-state index contributed by atoms with van der Waals surface area (Å²) in [6, 6.07) is 1.48. The second kappa shape index (κ2) is 4.14. The van der Waals surface area contributed by atoms with E-state index in [0.717, 1.165) is 18.7 Å². The van der Waals surface area contributed by atoms with Crippen molar-refractivity contribution in [3.63, 3.8) is 0 Å². The zero-order valence-electron chi connectivity index (χ0n) is 7.69. The van der Waals surface area contributed by atoms with E-state index >= 15 is 0 Å². The van der Waals surface area contributed by atoms with Crippen molar-refractivity contribution in [2.75, 3.05) is 12.4 Å². The topological polar surface area (TPSA) is 66.0 Å². The largest absolute Gasteiger partial charge is 0.396 e. The molecule has 76 valence electrons. The number of hydrogen-bond acceptors (Lipinski definition) is 4. The third kappa shape index (κ3) is 2.36. The second-order valence-electron chi connectivity index (χ2n) is 3.32. The lowest BCUT2D eigenvalue weighted by Crippen LogP contribution is -2.10. The van der Waals surface area contributed by atoms with Crippen LogP contribution in [-0.4, -0.2) is 27.4 Å². The van der Waals surface area contributed by atoms with E-state index in [1.807, 2.05) is 0 Å². The van der Waals surface area contributed by atoms with Gasteiger partial charge in [0, 0.05) is 17.7 Å². The highest BCUT2D eigenvalue weighted by Gasteiger charge is 2.26. The molecule has 1 fully saturated rings. The van der Waals surface area contributed by atoms with E-state index in [1.165, 1.54) is 17.8 Å². The molecular formula is C9H12N2O2S.